The van der Waals surface area contributed by atoms with Crippen LogP contribution >= 0.6 is 0 Å². The molecule has 0 aliphatic heterocycles. The first-order valence-electron chi connectivity index (χ1n) is 12.0. The topological polar surface area (TPSA) is 72.6 Å². The van der Waals surface area contributed by atoms with Crippen molar-refractivity contribution in [3.63, 3.8) is 0 Å². The Morgan fingerprint density at radius 2 is 1.97 bits per heavy atom. The molecule has 33 heavy (non-hydrogen) atoms. The summed E-state index contributed by atoms with van der Waals surface area (Å²) in [7, 11) is 0. The van der Waals surface area contributed by atoms with Crippen LogP contribution in [0.15, 0.2) is 70.5 Å². The Balaban J connectivity index is 0.00000149. The van der Waals surface area contributed by atoms with E-state index in [9.17, 15) is 9.90 Å². The summed E-state index contributed by atoms with van der Waals surface area (Å²) < 4.78 is 11.8. The van der Waals surface area contributed by atoms with Crippen LogP contribution < -0.4 is 0 Å². The lowest BCUT2D eigenvalue weighted by Gasteiger charge is -2.20. The van der Waals surface area contributed by atoms with E-state index in [-0.39, 0.29) is 11.8 Å². The van der Waals surface area contributed by atoms with Gasteiger partial charge in [0.05, 0.1) is 18.7 Å². The molecule has 3 unspecified atom stereocenters. The Kier molecular flexibility index (Phi) is 8.70. The fraction of sp³-hybridized carbons (Fsp3) is 0.429. The van der Waals surface area contributed by atoms with E-state index in [1.165, 1.54) is 11.1 Å². The minimum atomic E-state index is -0.695. The van der Waals surface area contributed by atoms with Gasteiger partial charge in [0.25, 0.3) is 0 Å². The summed E-state index contributed by atoms with van der Waals surface area (Å²) in [5.74, 6) is 1.62. The number of carboxylic acids is 1. The highest BCUT2D eigenvalue weighted by Gasteiger charge is 2.37. The van der Waals surface area contributed by atoms with Gasteiger partial charge in [0.2, 0.25) is 5.89 Å². The smallest absolute Gasteiger partial charge is 0.307 e. The molecule has 0 radical (unpaired) electrons. The van der Waals surface area contributed by atoms with Gasteiger partial charge in [-0.2, -0.15) is 0 Å². The number of aromatic nitrogens is 1. The second kappa shape index (κ2) is 11.7. The second-order valence-corrected chi connectivity index (χ2v) is 8.33. The third-order valence-electron chi connectivity index (χ3n) is 6.29. The maximum atomic E-state index is 11.6. The van der Waals surface area contributed by atoms with Crippen molar-refractivity contribution in [1.82, 2.24) is 4.98 Å². The van der Waals surface area contributed by atoms with Crippen LogP contribution in [0.3, 0.4) is 0 Å². The molecule has 1 saturated carbocycles. The minimum absolute atomic E-state index is 0.113. The summed E-state index contributed by atoms with van der Waals surface area (Å²) >= 11 is 0. The number of rotatable bonds is 8. The van der Waals surface area contributed by atoms with Gasteiger partial charge in [-0.25, -0.2) is 4.98 Å². The Labute approximate surface area is 196 Å². The molecular formula is C28H35NO4. The standard InChI is InChI=1S/C26H29NO4.C2H6/c1-3-22(26(28)29)24-12-9-18-8-10-20(11-13-23(18)24)30-15-14-21-16-27-25(31-21)19-6-4-17(2)5-7-19;1-2/h4-8,10-11,13,16,18,22,24H,3,9,12,14-15H2,1-2H3,(H,28,29);1-2H3. The third-order valence-corrected chi connectivity index (χ3v) is 6.29. The lowest BCUT2D eigenvalue weighted by atomic mass is 9.84. The summed E-state index contributed by atoms with van der Waals surface area (Å²) in [6.45, 7) is 8.50. The van der Waals surface area contributed by atoms with Gasteiger partial charge < -0.3 is 14.3 Å². The molecule has 0 spiro atoms. The number of benzene rings is 1. The summed E-state index contributed by atoms with van der Waals surface area (Å²) in [4.78, 5) is 16.0. The lowest BCUT2D eigenvalue weighted by Crippen LogP contribution is -2.22. The van der Waals surface area contributed by atoms with Crippen molar-refractivity contribution in [3.05, 3.63) is 77.4 Å². The van der Waals surface area contributed by atoms with E-state index >= 15 is 0 Å². The first-order valence-corrected chi connectivity index (χ1v) is 12.0. The Bertz CT molecular complexity index is 1010. The molecule has 1 aromatic heterocycles. The number of hydrogen-bond acceptors (Lipinski definition) is 4. The average Bonchev–Trinajstić information content (AvgIpc) is 3.40. The Hall–Kier alpha value is -3.08. The molecule has 176 valence electrons. The molecule has 2 aliphatic rings. The van der Waals surface area contributed by atoms with E-state index in [2.05, 4.69) is 24.1 Å². The van der Waals surface area contributed by atoms with Gasteiger partial charge in [-0.3, -0.25) is 4.79 Å². The Morgan fingerprint density at radius 1 is 1.21 bits per heavy atom. The van der Waals surface area contributed by atoms with Gasteiger partial charge >= 0.3 is 5.97 Å². The molecule has 2 aliphatic carbocycles. The van der Waals surface area contributed by atoms with Gasteiger partial charge in [-0.15, -0.1) is 0 Å². The van der Waals surface area contributed by atoms with Crippen molar-refractivity contribution < 1.29 is 19.1 Å². The van der Waals surface area contributed by atoms with Crippen LogP contribution in [0.1, 0.15) is 51.4 Å². The molecule has 1 aromatic carbocycles. The van der Waals surface area contributed by atoms with Crippen LogP contribution in [0.25, 0.3) is 11.5 Å². The van der Waals surface area contributed by atoms with Crippen LogP contribution in [0.4, 0.5) is 0 Å². The molecule has 3 atom stereocenters. The zero-order chi connectivity index (χ0) is 23.8. The summed E-state index contributed by atoms with van der Waals surface area (Å²) in [6.07, 6.45) is 13.2. The van der Waals surface area contributed by atoms with Crippen LogP contribution in [0.2, 0.25) is 0 Å². The molecule has 1 fully saturated rings. The molecule has 2 aromatic rings. The number of ether oxygens (including phenoxy) is 1. The van der Waals surface area contributed by atoms with Crippen molar-refractivity contribution in [2.45, 2.75) is 53.4 Å². The maximum absolute atomic E-state index is 11.6. The lowest BCUT2D eigenvalue weighted by molar-refractivity contribution is -0.143. The number of fused-ring (bicyclic) bond motifs is 1. The number of nitrogens with zero attached hydrogens (tertiary/aromatic N) is 1. The number of carbonyl (C=O) groups is 1. The summed E-state index contributed by atoms with van der Waals surface area (Å²) in [5.41, 5.74) is 3.39. The van der Waals surface area contributed by atoms with E-state index in [0.29, 0.717) is 31.3 Å². The number of carboxylic acid groups (broad SMARTS) is 1. The van der Waals surface area contributed by atoms with E-state index < -0.39 is 5.97 Å². The molecule has 1 heterocycles. The molecular weight excluding hydrogens is 414 g/mol. The molecule has 4 rings (SSSR count). The predicted molar refractivity (Wildman–Crippen MR) is 131 cm³/mol. The molecule has 0 bridgehead atoms. The number of aryl methyl sites for hydroxylation is 1. The highest BCUT2D eigenvalue weighted by atomic mass is 16.5. The van der Waals surface area contributed by atoms with Gasteiger partial charge in [-0.1, -0.05) is 56.2 Å². The number of allylic oxidation sites excluding steroid dienone is 5. The third kappa shape index (κ3) is 6.04. The van der Waals surface area contributed by atoms with Crippen LogP contribution in [0, 0.1) is 24.7 Å². The Morgan fingerprint density at radius 3 is 2.67 bits per heavy atom. The first-order chi connectivity index (χ1) is 16.0. The number of hydrogen-bond donors (Lipinski definition) is 1. The highest BCUT2D eigenvalue weighted by molar-refractivity contribution is 5.71. The largest absolute Gasteiger partial charge is 0.493 e. The minimum Gasteiger partial charge on any atom is -0.493 e. The normalized spacial score (nSPS) is 20.0. The molecule has 0 amide bonds. The van der Waals surface area contributed by atoms with Crippen LogP contribution in [0.5, 0.6) is 0 Å². The van der Waals surface area contributed by atoms with Crippen molar-refractivity contribution in [2.75, 3.05) is 6.61 Å². The van der Waals surface area contributed by atoms with Crippen LogP contribution in [-0.4, -0.2) is 22.7 Å². The van der Waals surface area contributed by atoms with Gasteiger partial charge in [0.15, 0.2) is 0 Å². The monoisotopic (exact) mass is 449 g/mol. The van der Waals surface area contributed by atoms with Gasteiger partial charge in [0, 0.05) is 12.0 Å². The predicted octanol–water partition coefficient (Wildman–Crippen LogP) is 6.75. The van der Waals surface area contributed by atoms with Crippen molar-refractivity contribution in [1.29, 1.82) is 0 Å². The van der Waals surface area contributed by atoms with E-state index in [0.717, 1.165) is 29.9 Å². The summed E-state index contributed by atoms with van der Waals surface area (Å²) in [6, 6.07) is 8.10. The van der Waals surface area contributed by atoms with Crippen LogP contribution in [-0.2, 0) is 16.0 Å². The number of oxazole rings is 1. The van der Waals surface area contributed by atoms with Crippen molar-refractivity contribution in [2.24, 2.45) is 17.8 Å². The zero-order valence-electron chi connectivity index (χ0n) is 20.1. The molecule has 5 nitrogen and oxygen atoms in total. The van der Waals surface area contributed by atoms with Crippen molar-refractivity contribution in [3.8, 4) is 11.5 Å². The quantitative estimate of drug-likeness (QED) is 0.482. The number of aliphatic carboxylic acids is 1. The van der Waals surface area contributed by atoms with Gasteiger partial charge in [-0.05, 0) is 62.3 Å². The fourth-order valence-electron chi connectivity index (χ4n) is 4.55. The SMILES string of the molecule is CC.CCC(C(=O)O)C1CCC2C=CC(OCCc3cnc(-c4ccc(C)cc4)o3)=CC=C21. The van der Waals surface area contributed by atoms with Crippen molar-refractivity contribution >= 4 is 5.97 Å². The summed E-state index contributed by atoms with van der Waals surface area (Å²) in [5, 5.41) is 9.56. The van der Waals surface area contributed by atoms with Gasteiger partial charge in [0.1, 0.15) is 11.5 Å². The zero-order valence-corrected chi connectivity index (χ0v) is 20.1. The molecule has 1 N–H and O–H groups in total. The van der Waals surface area contributed by atoms with E-state index in [4.69, 9.17) is 9.15 Å². The molecule has 5 heteroatoms. The average molecular weight is 450 g/mol. The second-order valence-electron chi connectivity index (χ2n) is 8.33. The van der Waals surface area contributed by atoms with E-state index in [1.807, 2.05) is 57.2 Å². The first kappa shape index (κ1) is 24.6. The fourth-order valence-corrected chi connectivity index (χ4v) is 4.55. The van der Waals surface area contributed by atoms with E-state index in [1.54, 1.807) is 6.20 Å². The highest BCUT2D eigenvalue weighted by Crippen LogP contribution is 2.43. The molecule has 0 saturated heterocycles. The maximum Gasteiger partial charge on any atom is 0.307 e.